The van der Waals surface area contributed by atoms with Crippen molar-refractivity contribution in [3.8, 4) is 0 Å². The lowest BCUT2D eigenvalue weighted by atomic mass is 10.2. The standard InChI is InChI=1S/C15H16FNO3S/c1-9(2)17(8-14(18)20-3)15(19)13-7-10-11(16)5-4-6-12(10)21-13/h4-7,9H,8H2,1-3H3. The Hall–Kier alpha value is -1.95. The Kier molecular flexibility index (Phi) is 4.57. The SMILES string of the molecule is COC(=O)CN(C(=O)c1cc2c(F)cccc2s1)C(C)C. The zero-order valence-electron chi connectivity index (χ0n) is 12.1. The third-order valence-corrected chi connectivity index (χ3v) is 4.22. The van der Waals surface area contributed by atoms with Crippen molar-refractivity contribution in [2.24, 2.45) is 0 Å². The molecule has 0 saturated carbocycles. The number of carbonyl (C=O) groups excluding carboxylic acids is 2. The Morgan fingerprint density at radius 3 is 2.67 bits per heavy atom. The maximum absolute atomic E-state index is 13.7. The molecule has 4 nitrogen and oxygen atoms in total. The van der Waals surface area contributed by atoms with Gasteiger partial charge in [-0.15, -0.1) is 11.3 Å². The predicted octanol–water partition coefficient (Wildman–Crippen LogP) is 3.06. The number of halogens is 1. The highest BCUT2D eigenvalue weighted by atomic mass is 32.1. The highest BCUT2D eigenvalue weighted by Crippen LogP contribution is 2.28. The molecular formula is C15H16FNO3S. The maximum atomic E-state index is 13.7. The second-order valence-electron chi connectivity index (χ2n) is 4.87. The summed E-state index contributed by atoms with van der Waals surface area (Å²) in [5.74, 6) is -1.13. The molecule has 0 bridgehead atoms. The first kappa shape index (κ1) is 15.4. The molecule has 0 aliphatic heterocycles. The molecular weight excluding hydrogens is 293 g/mol. The van der Waals surface area contributed by atoms with E-state index < -0.39 is 5.97 Å². The molecule has 6 heteroatoms. The van der Waals surface area contributed by atoms with E-state index in [1.54, 1.807) is 12.1 Å². The van der Waals surface area contributed by atoms with Crippen LogP contribution in [0.25, 0.3) is 10.1 Å². The van der Waals surface area contributed by atoms with E-state index in [1.807, 2.05) is 13.8 Å². The van der Waals surface area contributed by atoms with E-state index in [-0.39, 0.29) is 24.3 Å². The highest BCUT2D eigenvalue weighted by molar-refractivity contribution is 7.20. The zero-order chi connectivity index (χ0) is 15.6. The summed E-state index contributed by atoms with van der Waals surface area (Å²) in [6, 6.07) is 6.10. The molecule has 0 unspecified atom stereocenters. The zero-order valence-corrected chi connectivity index (χ0v) is 12.9. The normalized spacial score (nSPS) is 10.9. The average Bonchev–Trinajstić information content (AvgIpc) is 2.89. The molecule has 0 saturated heterocycles. The molecule has 0 atom stereocenters. The Bertz CT molecular complexity index is 681. The number of rotatable bonds is 4. The van der Waals surface area contributed by atoms with Crippen molar-refractivity contribution >= 4 is 33.3 Å². The fourth-order valence-corrected chi connectivity index (χ4v) is 3.00. The summed E-state index contributed by atoms with van der Waals surface area (Å²) in [6.45, 7) is 3.51. The van der Waals surface area contributed by atoms with Gasteiger partial charge >= 0.3 is 5.97 Å². The molecule has 1 amide bonds. The van der Waals surface area contributed by atoms with Gasteiger partial charge in [-0.2, -0.15) is 0 Å². The van der Waals surface area contributed by atoms with Crippen LogP contribution in [0.15, 0.2) is 24.3 Å². The van der Waals surface area contributed by atoms with Gasteiger partial charge in [0.05, 0.1) is 12.0 Å². The van der Waals surface area contributed by atoms with Gasteiger partial charge in [-0.3, -0.25) is 9.59 Å². The molecule has 2 rings (SSSR count). The Morgan fingerprint density at radius 1 is 1.38 bits per heavy atom. The van der Waals surface area contributed by atoms with Crippen molar-refractivity contribution in [3.63, 3.8) is 0 Å². The number of hydrogen-bond donors (Lipinski definition) is 0. The summed E-state index contributed by atoms with van der Waals surface area (Å²) in [5.41, 5.74) is 0. The fraction of sp³-hybridized carbons (Fsp3) is 0.333. The van der Waals surface area contributed by atoms with Crippen molar-refractivity contribution in [2.75, 3.05) is 13.7 Å². The molecule has 0 fully saturated rings. The number of benzene rings is 1. The van der Waals surface area contributed by atoms with Crippen molar-refractivity contribution in [2.45, 2.75) is 19.9 Å². The molecule has 0 radical (unpaired) electrons. The molecule has 0 spiro atoms. The molecule has 1 aromatic carbocycles. The molecule has 2 aromatic rings. The Balaban J connectivity index is 2.34. The predicted molar refractivity (Wildman–Crippen MR) is 80.0 cm³/mol. The Labute approximate surface area is 126 Å². The van der Waals surface area contributed by atoms with Crippen molar-refractivity contribution in [3.05, 3.63) is 35.0 Å². The first-order chi connectivity index (χ1) is 9.93. The minimum Gasteiger partial charge on any atom is -0.468 e. The smallest absolute Gasteiger partial charge is 0.325 e. The number of ether oxygens (including phenoxy) is 1. The van der Waals surface area contributed by atoms with Crippen LogP contribution in [0.5, 0.6) is 0 Å². The second kappa shape index (κ2) is 6.22. The van der Waals surface area contributed by atoms with Crippen LogP contribution in [0.2, 0.25) is 0 Å². The number of carbonyl (C=O) groups is 2. The van der Waals surface area contributed by atoms with E-state index in [0.29, 0.717) is 15.0 Å². The Morgan fingerprint density at radius 2 is 2.10 bits per heavy atom. The van der Waals surface area contributed by atoms with E-state index in [2.05, 4.69) is 4.74 Å². The van der Waals surface area contributed by atoms with Crippen LogP contribution < -0.4 is 0 Å². The lowest BCUT2D eigenvalue weighted by molar-refractivity contribution is -0.141. The van der Waals surface area contributed by atoms with Gasteiger partial charge in [0.2, 0.25) is 0 Å². The highest BCUT2D eigenvalue weighted by Gasteiger charge is 2.24. The maximum Gasteiger partial charge on any atom is 0.325 e. The van der Waals surface area contributed by atoms with Gasteiger partial charge in [-0.25, -0.2) is 4.39 Å². The monoisotopic (exact) mass is 309 g/mol. The second-order valence-corrected chi connectivity index (χ2v) is 5.95. The van der Waals surface area contributed by atoms with Gasteiger partial charge in [0, 0.05) is 16.1 Å². The number of thiophene rings is 1. The van der Waals surface area contributed by atoms with E-state index >= 15 is 0 Å². The minimum absolute atomic E-state index is 0.121. The van der Waals surface area contributed by atoms with Crippen LogP contribution in [0.3, 0.4) is 0 Å². The lowest BCUT2D eigenvalue weighted by Gasteiger charge is -2.24. The summed E-state index contributed by atoms with van der Waals surface area (Å²) >= 11 is 1.22. The van der Waals surface area contributed by atoms with Crippen LogP contribution in [-0.2, 0) is 9.53 Å². The van der Waals surface area contributed by atoms with E-state index in [1.165, 1.54) is 35.5 Å². The summed E-state index contributed by atoms with van der Waals surface area (Å²) in [7, 11) is 1.28. The van der Waals surface area contributed by atoms with Gasteiger partial charge in [0.25, 0.3) is 5.91 Å². The average molecular weight is 309 g/mol. The fourth-order valence-electron chi connectivity index (χ4n) is 1.96. The quantitative estimate of drug-likeness (QED) is 0.816. The molecule has 21 heavy (non-hydrogen) atoms. The van der Waals surface area contributed by atoms with Gasteiger partial charge in [0.15, 0.2) is 0 Å². The van der Waals surface area contributed by atoms with Crippen molar-refractivity contribution < 1.29 is 18.7 Å². The summed E-state index contributed by atoms with van der Waals surface area (Å²) < 4.78 is 19.0. The van der Waals surface area contributed by atoms with Crippen LogP contribution in [0.4, 0.5) is 4.39 Å². The van der Waals surface area contributed by atoms with Crippen LogP contribution in [0.1, 0.15) is 23.5 Å². The third kappa shape index (κ3) is 3.21. The minimum atomic E-state index is -0.482. The number of methoxy groups -OCH3 is 1. The first-order valence-electron chi connectivity index (χ1n) is 6.50. The number of esters is 1. The van der Waals surface area contributed by atoms with Crippen LogP contribution in [-0.4, -0.2) is 36.5 Å². The molecule has 0 N–H and O–H groups in total. The van der Waals surface area contributed by atoms with Gasteiger partial charge < -0.3 is 9.64 Å². The van der Waals surface area contributed by atoms with E-state index in [0.717, 1.165) is 0 Å². The molecule has 112 valence electrons. The van der Waals surface area contributed by atoms with E-state index in [9.17, 15) is 14.0 Å². The molecule has 0 aliphatic carbocycles. The molecule has 0 aliphatic rings. The number of nitrogens with zero attached hydrogens (tertiary/aromatic N) is 1. The van der Waals surface area contributed by atoms with Gasteiger partial charge in [-0.05, 0) is 32.0 Å². The number of amides is 1. The van der Waals surface area contributed by atoms with E-state index in [4.69, 9.17) is 0 Å². The van der Waals surface area contributed by atoms with Gasteiger partial charge in [0.1, 0.15) is 12.4 Å². The van der Waals surface area contributed by atoms with Gasteiger partial charge in [-0.1, -0.05) is 6.07 Å². The van der Waals surface area contributed by atoms with Crippen molar-refractivity contribution in [1.29, 1.82) is 0 Å². The van der Waals surface area contributed by atoms with Crippen LogP contribution >= 0.6 is 11.3 Å². The summed E-state index contributed by atoms with van der Waals surface area (Å²) in [5, 5.41) is 0.424. The summed E-state index contributed by atoms with van der Waals surface area (Å²) in [4.78, 5) is 25.8. The largest absolute Gasteiger partial charge is 0.468 e. The molecule has 1 heterocycles. The lowest BCUT2D eigenvalue weighted by Crippen LogP contribution is -2.40. The number of hydrogen-bond acceptors (Lipinski definition) is 4. The molecule has 1 aromatic heterocycles. The third-order valence-electron chi connectivity index (χ3n) is 3.13. The van der Waals surface area contributed by atoms with Crippen molar-refractivity contribution in [1.82, 2.24) is 4.90 Å². The summed E-state index contributed by atoms with van der Waals surface area (Å²) in [6.07, 6.45) is 0. The van der Waals surface area contributed by atoms with Crippen LogP contribution in [0, 0.1) is 5.82 Å². The topological polar surface area (TPSA) is 46.6 Å². The first-order valence-corrected chi connectivity index (χ1v) is 7.31. The number of fused-ring (bicyclic) bond motifs is 1.